The Morgan fingerprint density at radius 1 is 1.44 bits per heavy atom. The Labute approximate surface area is 93.8 Å². The molecule has 1 aromatic carbocycles. The van der Waals surface area contributed by atoms with E-state index in [0.717, 1.165) is 21.9 Å². The van der Waals surface area contributed by atoms with Gasteiger partial charge in [-0.3, -0.25) is 10.3 Å². The van der Waals surface area contributed by atoms with Gasteiger partial charge in [0.25, 0.3) is 0 Å². The van der Waals surface area contributed by atoms with Crippen molar-refractivity contribution in [2.75, 3.05) is 24.2 Å². The van der Waals surface area contributed by atoms with Gasteiger partial charge in [0, 0.05) is 35.2 Å². The van der Waals surface area contributed by atoms with Gasteiger partial charge in [0.2, 0.25) is 0 Å². The second kappa shape index (κ2) is 4.42. The van der Waals surface area contributed by atoms with Gasteiger partial charge in [-0.1, -0.05) is 0 Å². The second-order valence-corrected chi connectivity index (χ2v) is 3.66. The first-order chi connectivity index (χ1) is 7.72. The number of hydrogen-bond donors (Lipinski definition) is 4. The number of nitrogens with one attached hydrogen (secondary N) is 1. The predicted molar refractivity (Wildman–Crippen MR) is 62.8 cm³/mol. The summed E-state index contributed by atoms with van der Waals surface area (Å²) in [5, 5.41) is 22.4. The molecule has 0 atom stereocenters. The molecule has 0 saturated heterocycles. The summed E-state index contributed by atoms with van der Waals surface area (Å²) in [5.41, 5.74) is 9.30. The summed E-state index contributed by atoms with van der Waals surface area (Å²) in [5.74, 6) is 0. The molecule has 0 radical (unpaired) electrons. The molecule has 0 bridgehead atoms. The highest BCUT2D eigenvalue weighted by atomic mass is 16.5. The summed E-state index contributed by atoms with van der Waals surface area (Å²) in [6.07, 6.45) is 3.39. The van der Waals surface area contributed by atoms with E-state index in [1.165, 1.54) is 0 Å². The summed E-state index contributed by atoms with van der Waals surface area (Å²) in [6, 6.07) is 3.67. The Bertz CT molecular complexity index is 418. The maximum atomic E-state index is 9.38. The lowest BCUT2D eigenvalue weighted by molar-refractivity contribution is -0.0492. The van der Waals surface area contributed by atoms with Gasteiger partial charge in [-0.2, -0.15) is 0 Å². The van der Waals surface area contributed by atoms with Crippen LogP contribution in [0.25, 0.3) is 6.08 Å². The number of rotatable bonds is 3. The van der Waals surface area contributed by atoms with Crippen LogP contribution in [0.5, 0.6) is 0 Å². The van der Waals surface area contributed by atoms with E-state index < -0.39 is 0 Å². The highest BCUT2D eigenvalue weighted by molar-refractivity contribution is 5.75. The minimum atomic E-state index is 0.0784. The SMILES string of the molecule is Nc1ccc(NCCO)c2c1CN(O)C=C2. The molecule has 0 unspecified atom stereocenters. The fourth-order valence-electron chi connectivity index (χ4n) is 1.77. The molecule has 0 spiro atoms. The standard InChI is InChI=1S/C11H15N3O2/c12-10-1-2-11(13-4-6-15)8-3-5-14(16)7-9(8)10/h1-3,5,13,15-16H,4,6-7,12H2. The van der Waals surface area contributed by atoms with Crippen LogP contribution in [0, 0.1) is 0 Å². The maximum Gasteiger partial charge on any atom is 0.0723 e. The van der Waals surface area contributed by atoms with Crippen molar-refractivity contribution in [3.63, 3.8) is 0 Å². The highest BCUT2D eigenvalue weighted by Gasteiger charge is 2.15. The van der Waals surface area contributed by atoms with Crippen molar-refractivity contribution in [2.24, 2.45) is 0 Å². The van der Waals surface area contributed by atoms with E-state index in [-0.39, 0.29) is 6.61 Å². The van der Waals surface area contributed by atoms with Crippen LogP contribution in [0.15, 0.2) is 18.3 Å². The number of fused-ring (bicyclic) bond motifs is 1. The van der Waals surface area contributed by atoms with Crippen molar-refractivity contribution in [1.29, 1.82) is 0 Å². The molecule has 5 heteroatoms. The summed E-state index contributed by atoms with van der Waals surface area (Å²) in [7, 11) is 0. The van der Waals surface area contributed by atoms with Crippen LogP contribution in [0.3, 0.4) is 0 Å². The van der Waals surface area contributed by atoms with Crippen molar-refractivity contribution in [2.45, 2.75) is 6.54 Å². The average molecular weight is 221 g/mol. The number of hydroxylamine groups is 2. The lowest BCUT2D eigenvalue weighted by Crippen LogP contribution is -2.18. The Morgan fingerprint density at radius 3 is 3.00 bits per heavy atom. The van der Waals surface area contributed by atoms with Gasteiger partial charge in [0.1, 0.15) is 0 Å². The summed E-state index contributed by atoms with van der Waals surface area (Å²) >= 11 is 0. The van der Waals surface area contributed by atoms with Crippen LogP contribution >= 0.6 is 0 Å². The number of nitrogens with two attached hydrogens (primary N) is 1. The molecule has 1 heterocycles. The first-order valence-corrected chi connectivity index (χ1v) is 5.12. The van der Waals surface area contributed by atoms with E-state index in [2.05, 4.69) is 5.32 Å². The molecule has 0 aliphatic carbocycles. The van der Waals surface area contributed by atoms with Crippen molar-refractivity contribution in [3.8, 4) is 0 Å². The van der Waals surface area contributed by atoms with Gasteiger partial charge in [0.05, 0.1) is 13.2 Å². The Hall–Kier alpha value is -1.72. The normalized spacial score (nSPS) is 13.8. The lowest BCUT2D eigenvalue weighted by Gasteiger charge is -2.23. The fourth-order valence-corrected chi connectivity index (χ4v) is 1.77. The first-order valence-electron chi connectivity index (χ1n) is 5.12. The molecule has 2 rings (SSSR count). The Morgan fingerprint density at radius 2 is 2.25 bits per heavy atom. The highest BCUT2D eigenvalue weighted by Crippen LogP contribution is 2.30. The molecular formula is C11H15N3O2. The molecule has 16 heavy (non-hydrogen) atoms. The molecule has 0 fully saturated rings. The van der Waals surface area contributed by atoms with Gasteiger partial charge in [-0.05, 0) is 18.2 Å². The van der Waals surface area contributed by atoms with E-state index in [0.29, 0.717) is 18.8 Å². The number of hydrogen-bond acceptors (Lipinski definition) is 5. The van der Waals surface area contributed by atoms with E-state index in [1.807, 2.05) is 6.07 Å². The van der Waals surface area contributed by atoms with Gasteiger partial charge >= 0.3 is 0 Å². The Balaban J connectivity index is 2.37. The second-order valence-electron chi connectivity index (χ2n) is 3.66. The third kappa shape index (κ3) is 1.95. The maximum absolute atomic E-state index is 9.38. The number of nitrogen functional groups attached to an aromatic ring is 1. The van der Waals surface area contributed by atoms with Gasteiger partial charge in [0.15, 0.2) is 0 Å². The van der Waals surface area contributed by atoms with E-state index in [4.69, 9.17) is 10.8 Å². The largest absolute Gasteiger partial charge is 0.398 e. The zero-order chi connectivity index (χ0) is 11.5. The molecule has 86 valence electrons. The molecule has 0 amide bonds. The Kier molecular flexibility index (Phi) is 2.98. The molecule has 1 aliphatic rings. The van der Waals surface area contributed by atoms with Crippen LogP contribution in [0.1, 0.15) is 11.1 Å². The number of benzene rings is 1. The van der Waals surface area contributed by atoms with Crippen LogP contribution in [-0.4, -0.2) is 28.5 Å². The van der Waals surface area contributed by atoms with E-state index >= 15 is 0 Å². The summed E-state index contributed by atoms with van der Waals surface area (Å²) in [6.45, 7) is 0.953. The predicted octanol–water partition coefficient (Wildman–Crippen LogP) is 0.849. The van der Waals surface area contributed by atoms with Crippen molar-refractivity contribution in [1.82, 2.24) is 5.06 Å². The zero-order valence-corrected chi connectivity index (χ0v) is 8.85. The third-order valence-electron chi connectivity index (χ3n) is 2.55. The number of nitrogens with zero attached hydrogens (tertiary/aromatic N) is 1. The molecule has 1 aromatic rings. The van der Waals surface area contributed by atoms with Crippen molar-refractivity contribution < 1.29 is 10.3 Å². The fraction of sp³-hybridized carbons (Fsp3) is 0.273. The monoisotopic (exact) mass is 221 g/mol. The molecule has 1 aliphatic heterocycles. The van der Waals surface area contributed by atoms with E-state index in [9.17, 15) is 5.21 Å². The van der Waals surface area contributed by atoms with Crippen LogP contribution in [0.2, 0.25) is 0 Å². The smallest absolute Gasteiger partial charge is 0.0723 e. The number of aliphatic hydroxyl groups is 1. The van der Waals surface area contributed by atoms with Crippen LogP contribution in [0.4, 0.5) is 11.4 Å². The molecule has 5 nitrogen and oxygen atoms in total. The molecule has 0 saturated carbocycles. The van der Waals surface area contributed by atoms with Crippen molar-refractivity contribution in [3.05, 3.63) is 29.5 Å². The molecular weight excluding hydrogens is 206 g/mol. The summed E-state index contributed by atoms with van der Waals surface area (Å²) in [4.78, 5) is 0. The average Bonchev–Trinajstić information content (AvgIpc) is 2.29. The van der Waals surface area contributed by atoms with Crippen LogP contribution in [-0.2, 0) is 6.54 Å². The number of anilines is 2. The number of aliphatic hydroxyl groups excluding tert-OH is 1. The van der Waals surface area contributed by atoms with E-state index in [1.54, 1.807) is 18.3 Å². The minimum Gasteiger partial charge on any atom is -0.398 e. The van der Waals surface area contributed by atoms with Gasteiger partial charge in [-0.25, -0.2) is 0 Å². The molecule has 5 N–H and O–H groups in total. The third-order valence-corrected chi connectivity index (χ3v) is 2.55. The lowest BCUT2D eigenvalue weighted by atomic mass is 10.0. The van der Waals surface area contributed by atoms with Gasteiger partial charge in [-0.15, -0.1) is 0 Å². The zero-order valence-electron chi connectivity index (χ0n) is 8.85. The summed E-state index contributed by atoms with van der Waals surface area (Å²) < 4.78 is 0. The first kappa shape index (κ1) is 10.8. The minimum absolute atomic E-state index is 0.0784. The van der Waals surface area contributed by atoms with Gasteiger partial charge < -0.3 is 16.2 Å². The quantitative estimate of drug-likeness (QED) is 0.569. The topological polar surface area (TPSA) is 81.8 Å². The van der Waals surface area contributed by atoms with Crippen LogP contribution < -0.4 is 11.1 Å². The van der Waals surface area contributed by atoms with Crippen molar-refractivity contribution >= 4 is 17.5 Å². The molecule has 0 aromatic heterocycles.